The minimum atomic E-state index is -0.387. The van der Waals surface area contributed by atoms with Gasteiger partial charge in [-0.05, 0) is 49.7 Å². The number of hydrogen-bond donors (Lipinski definition) is 2. The van der Waals surface area contributed by atoms with Crippen molar-refractivity contribution in [2.75, 3.05) is 18.0 Å². The van der Waals surface area contributed by atoms with E-state index in [1.165, 1.54) is 5.56 Å². The second-order valence-corrected chi connectivity index (χ2v) is 6.40. The highest BCUT2D eigenvalue weighted by atomic mass is 16.1. The molecule has 1 amide bonds. The topological polar surface area (TPSA) is 85.2 Å². The molecular weight excluding hydrogens is 264 g/mol. The van der Waals surface area contributed by atoms with E-state index in [4.69, 9.17) is 16.5 Å². The normalized spacial score (nSPS) is 25.0. The van der Waals surface area contributed by atoms with Crippen molar-refractivity contribution in [1.29, 1.82) is 0 Å². The summed E-state index contributed by atoms with van der Waals surface area (Å²) >= 11 is 0. The van der Waals surface area contributed by atoms with E-state index in [1.807, 2.05) is 6.07 Å². The Balaban J connectivity index is 2.02. The summed E-state index contributed by atoms with van der Waals surface area (Å²) < 4.78 is 0. The lowest BCUT2D eigenvalue weighted by atomic mass is 9.92. The van der Waals surface area contributed by atoms with Gasteiger partial charge in [-0.3, -0.25) is 4.79 Å². The Morgan fingerprint density at radius 3 is 3.00 bits per heavy atom. The third-order valence-corrected chi connectivity index (χ3v) is 4.82. The second kappa shape index (κ2) is 5.64. The molecule has 0 radical (unpaired) electrons. The van der Waals surface area contributed by atoms with E-state index in [0.717, 1.165) is 50.2 Å². The molecule has 1 aromatic heterocycles. The van der Waals surface area contributed by atoms with E-state index < -0.39 is 0 Å². The van der Waals surface area contributed by atoms with Crippen molar-refractivity contribution >= 4 is 11.7 Å². The minimum absolute atomic E-state index is 0.249. The number of nitrogens with zero attached hydrogens (tertiary/aromatic N) is 2. The number of amides is 1. The Bertz CT molecular complexity index is 557. The van der Waals surface area contributed by atoms with Crippen LogP contribution in [0.5, 0.6) is 0 Å². The van der Waals surface area contributed by atoms with Crippen molar-refractivity contribution in [3.8, 4) is 0 Å². The summed E-state index contributed by atoms with van der Waals surface area (Å²) in [7, 11) is 0. The van der Waals surface area contributed by atoms with Gasteiger partial charge in [-0.1, -0.05) is 6.92 Å². The molecular formula is C16H24N4O. The molecule has 1 aliphatic carbocycles. The number of hydrogen-bond acceptors (Lipinski definition) is 4. The van der Waals surface area contributed by atoms with Gasteiger partial charge < -0.3 is 16.4 Å². The van der Waals surface area contributed by atoms with Crippen LogP contribution in [0.2, 0.25) is 0 Å². The molecule has 0 aromatic carbocycles. The van der Waals surface area contributed by atoms with Gasteiger partial charge >= 0.3 is 0 Å². The van der Waals surface area contributed by atoms with Gasteiger partial charge in [0.2, 0.25) is 0 Å². The van der Waals surface area contributed by atoms with Crippen LogP contribution < -0.4 is 16.4 Å². The fraction of sp³-hybridized carbons (Fsp3) is 0.625. The van der Waals surface area contributed by atoms with Crippen molar-refractivity contribution in [3.05, 3.63) is 22.9 Å². The third-order valence-electron chi connectivity index (χ3n) is 4.82. The monoisotopic (exact) mass is 288 g/mol. The maximum atomic E-state index is 11.8. The average Bonchev–Trinajstić information content (AvgIpc) is 2.93. The maximum absolute atomic E-state index is 11.8. The van der Waals surface area contributed by atoms with E-state index in [9.17, 15) is 4.79 Å². The molecule has 21 heavy (non-hydrogen) atoms. The van der Waals surface area contributed by atoms with Crippen molar-refractivity contribution in [2.45, 2.75) is 45.1 Å². The Hall–Kier alpha value is -1.62. The second-order valence-electron chi connectivity index (χ2n) is 6.40. The average molecular weight is 288 g/mol. The predicted molar refractivity (Wildman–Crippen MR) is 83.4 cm³/mol. The smallest absolute Gasteiger partial charge is 0.252 e. The first kappa shape index (κ1) is 14.3. The number of nitrogens with two attached hydrogens (primary N) is 2. The van der Waals surface area contributed by atoms with Crippen LogP contribution in [0.25, 0.3) is 0 Å². The van der Waals surface area contributed by atoms with Crippen LogP contribution >= 0.6 is 0 Å². The molecule has 1 aliphatic heterocycles. The van der Waals surface area contributed by atoms with Gasteiger partial charge in [0, 0.05) is 24.8 Å². The first-order valence-electron chi connectivity index (χ1n) is 7.89. The number of rotatable bonds is 3. The first-order chi connectivity index (χ1) is 10.1. The highest BCUT2D eigenvalue weighted by Gasteiger charge is 2.30. The minimum Gasteiger partial charge on any atom is -0.365 e. The molecule has 4 N–H and O–H groups in total. The number of carbonyl (C=O) groups is 1. The molecule has 1 saturated heterocycles. The summed E-state index contributed by atoms with van der Waals surface area (Å²) in [6.45, 7) is 3.74. The molecule has 1 aromatic rings. The number of piperidine rings is 1. The van der Waals surface area contributed by atoms with Gasteiger partial charge in [-0.15, -0.1) is 0 Å². The summed E-state index contributed by atoms with van der Waals surface area (Å²) in [6.07, 6.45) is 5.27. The number of aryl methyl sites for hydroxylation is 2. The van der Waals surface area contributed by atoms with Gasteiger partial charge in [0.05, 0.1) is 5.56 Å². The zero-order valence-electron chi connectivity index (χ0n) is 12.6. The largest absolute Gasteiger partial charge is 0.365 e. The molecule has 114 valence electrons. The van der Waals surface area contributed by atoms with Crippen molar-refractivity contribution in [1.82, 2.24) is 4.98 Å². The number of primary amides is 1. The van der Waals surface area contributed by atoms with Crippen LogP contribution in [0, 0.1) is 5.92 Å². The fourth-order valence-electron chi connectivity index (χ4n) is 3.62. The van der Waals surface area contributed by atoms with Crippen molar-refractivity contribution < 1.29 is 4.79 Å². The van der Waals surface area contributed by atoms with Crippen LogP contribution in [0.15, 0.2) is 6.07 Å². The lowest BCUT2D eigenvalue weighted by Gasteiger charge is -2.39. The van der Waals surface area contributed by atoms with Crippen LogP contribution in [0.1, 0.15) is 47.8 Å². The van der Waals surface area contributed by atoms with Gasteiger partial charge in [0.15, 0.2) is 0 Å². The van der Waals surface area contributed by atoms with Crippen LogP contribution in [0.4, 0.5) is 5.82 Å². The highest BCUT2D eigenvalue weighted by molar-refractivity contribution is 5.98. The fourth-order valence-corrected chi connectivity index (χ4v) is 3.62. The zero-order valence-corrected chi connectivity index (χ0v) is 12.6. The Morgan fingerprint density at radius 2 is 2.29 bits per heavy atom. The highest BCUT2D eigenvalue weighted by Crippen LogP contribution is 2.32. The van der Waals surface area contributed by atoms with Gasteiger partial charge in [-0.25, -0.2) is 4.98 Å². The summed E-state index contributed by atoms with van der Waals surface area (Å²) in [4.78, 5) is 18.8. The molecule has 1 fully saturated rings. The SMILES string of the molecule is CC1CCN(c2nc3c(cc2C(N)=O)CCC3)C(CN)C1. The van der Waals surface area contributed by atoms with Gasteiger partial charge in [-0.2, -0.15) is 0 Å². The molecule has 5 heteroatoms. The lowest BCUT2D eigenvalue weighted by Crippen LogP contribution is -2.47. The quantitative estimate of drug-likeness (QED) is 0.876. The number of anilines is 1. The van der Waals surface area contributed by atoms with Crippen molar-refractivity contribution in [2.24, 2.45) is 17.4 Å². The van der Waals surface area contributed by atoms with Crippen molar-refractivity contribution in [3.63, 3.8) is 0 Å². The Morgan fingerprint density at radius 1 is 1.48 bits per heavy atom. The lowest BCUT2D eigenvalue weighted by molar-refractivity contribution is 0.1000. The molecule has 0 bridgehead atoms. The van der Waals surface area contributed by atoms with E-state index in [-0.39, 0.29) is 11.9 Å². The van der Waals surface area contributed by atoms with Gasteiger partial charge in [0.1, 0.15) is 5.82 Å². The number of aromatic nitrogens is 1. The van der Waals surface area contributed by atoms with E-state index in [1.54, 1.807) is 0 Å². The molecule has 2 aliphatic rings. The van der Waals surface area contributed by atoms with Crippen LogP contribution in [-0.4, -0.2) is 30.0 Å². The number of pyridine rings is 1. The Kier molecular flexibility index (Phi) is 3.85. The molecule has 0 saturated carbocycles. The summed E-state index contributed by atoms with van der Waals surface area (Å²) in [6, 6.07) is 2.21. The molecule has 3 rings (SSSR count). The summed E-state index contributed by atoms with van der Waals surface area (Å²) in [5, 5.41) is 0. The first-order valence-corrected chi connectivity index (χ1v) is 7.89. The Labute approximate surface area is 125 Å². The van der Waals surface area contributed by atoms with E-state index in [2.05, 4.69) is 11.8 Å². The molecule has 5 nitrogen and oxygen atoms in total. The van der Waals surface area contributed by atoms with Gasteiger partial charge in [0.25, 0.3) is 5.91 Å². The standard InChI is InChI=1S/C16H24N4O/c1-10-5-6-20(12(7-10)9-17)16-13(15(18)21)8-11-3-2-4-14(11)19-16/h8,10,12H,2-7,9,17H2,1H3,(H2,18,21). The van der Waals surface area contributed by atoms with E-state index >= 15 is 0 Å². The summed E-state index contributed by atoms with van der Waals surface area (Å²) in [5.41, 5.74) is 14.4. The molecule has 2 heterocycles. The number of carbonyl (C=O) groups excluding carboxylic acids is 1. The number of fused-ring (bicyclic) bond motifs is 1. The summed E-state index contributed by atoms with van der Waals surface area (Å²) in [5.74, 6) is 1.04. The molecule has 2 unspecified atom stereocenters. The maximum Gasteiger partial charge on any atom is 0.252 e. The van der Waals surface area contributed by atoms with Crippen LogP contribution in [-0.2, 0) is 12.8 Å². The molecule has 0 spiro atoms. The zero-order chi connectivity index (χ0) is 15.0. The van der Waals surface area contributed by atoms with Crippen LogP contribution in [0.3, 0.4) is 0 Å². The third kappa shape index (κ3) is 2.62. The van der Waals surface area contributed by atoms with E-state index in [0.29, 0.717) is 18.0 Å². The predicted octanol–water partition coefficient (Wildman–Crippen LogP) is 1.23. The molecule has 2 atom stereocenters.